The number of hydrogen-bond donors (Lipinski definition) is 4. The van der Waals surface area contributed by atoms with E-state index in [1.54, 1.807) is 13.8 Å². The third-order valence-corrected chi connectivity index (χ3v) is 4.30. The van der Waals surface area contributed by atoms with Crippen LogP contribution in [0, 0.1) is 13.8 Å². The normalized spacial score (nSPS) is 13.6. The molecule has 114 valence electrons. The Bertz CT molecular complexity index is 592. The van der Waals surface area contributed by atoms with E-state index in [9.17, 15) is 14.4 Å². The second kappa shape index (κ2) is 6.13. The van der Waals surface area contributed by atoms with Gasteiger partial charge in [-0.2, -0.15) is 0 Å². The Balaban J connectivity index is 1.91. The number of urea groups is 1. The summed E-state index contributed by atoms with van der Waals surface area (Å²) in [5.74, 6) is -1.33. The van der Waals surface area contributed by atoms with Gasteiger partial charge in [0.15, 0.2) is 0 Å². The summed E-state index contributed by atoms with van der Waals surface area (Å²) in [4.78, 5) is 35.2. The van der Waals surface area contributed by atoms with Crippen molar-refractivity contribution in [3.05, 3.63) is 16.0 Å². The summed E-state index contributed by atoms with van der Waals surface area (Å²) in [6.07, 6.45) is 1.96. The zero-order valence-electron chi connectivity index (χ0n) is 11.8. The molecular formula is C13H17N3O4S. The minimum absolute atomic E-state index is 0.0927. The molecule has 0 radical (unpaired) electrons. The van der Waals surface area contributed by atoms with E-state index >= 15 is 0 Å². The van der Waals surface area contributed by atoms with E-state index in [4.69, 9.17) is 5.11 Å². The van der Waals surface area contributed by atoms with E-state index in [0.29, 0.717) is 5.56 Å². The highest BCUT2D eigenvalue weighted by atomic mass is 32.1. The van der Waals surface area contributed by atoms with Crippen LogP contribution in [0.2, 0.25) is 0 Å². The summed E-state index contributed by atoms with van der Waals surface area (Å²) in [6.45, 7) is 3.36. The highest BCUT2D eigenvalue weighted by Gasteiger charge is 2.23. The third kappa shape index (κ3) is 3.94. The van der Waals surface area contributed by atoms with Gasteiger partial charge in [0.1, 0.15) is 5.00 Å². The van der Waals surface area contributed by atoms with Crippen molar-refractivity contribution in [3.63, 3.8) is 0 Å². The van der Waals surface area contributed by atoms with Crippen molar-refractivity contribution in [1.29, 1.82) is 0 Å². The molecule has 3 amide bonds. The quantitative estimate of drug-likeness (QED) is 0.660. The predicted octanol–water partition coefficient (Wildman–Crippen LogP) is 1.46. The van der Waals surface area contributed by atoms with E-state index < -0.39 is 12.0 Å². The number of anilines is 1. The van der Waals surface area contributed by atoms with Crippen molar-refractivity contribution < 1.29 is 19.5 Å². The van der Waals surface area contributed by atoms with Crippen molar-refractivity contribution in [1.82, 2.24) is 10.6 Å². The van der Waals surface area contributed by atoms with Gasteiger partial charge in [0.05, 0.1) is 12.1 Å². The van der Waals surface area contributed by atoms with Crippen LogP contribution in [-0.4, -0.2) is 35.6 Å². The first-order valence-corrected chi connectivity index (χ1v) is 7.37. The molecule has 0 atom stereocenters. The molecule has 0 spiro atoms. The molecule has 1 fully saturated rings. The maximum absolute atomic E-state index is 11.7. The van der Waals surface area contributed by atoms with Gasteiger partial charge in [0, 0.05) is 10.9 Å². The second-order valence-corrected chi connectivity index (χ2v) is 6.17. The monoisotopic (exact) mass is 311 g/mol. The molecule has 1 heterocycles. The lowest BCUT2D eigenvalue weighted by Gasteiger charge is -2.07. The summed E-state index contributed by atoms with van der Waals surface area (Å²) in [5.41, 5.74) is 0.726. The number of carbonyl (C=O) groups excluding carboxylic acids is 2. The maximum Gasteiger partial charge on any atom is 0.338 e. The smallest absolute Gasteiger partial charge is 0.338 e. The minimum Gasteiger partial charge on any atom is -0.478 e. The van der Waals surface area contributed by atoms with Gasteiger partial charge in [-0.1, -0.05) is 0 Å². The van der Waals surface area contributed by atoms with E-state index in [1.807, 2.05) is 0 Å². The number of carboxylic acids is 1. The molecule has 1 aliphatic rings. The van der Waals surface area contributed by atoms with Crippen LogP contribution in [-0.2, 0) is 4.79 Å². The number of amides is 3. The summed E-state index contributed by atoms with van der Waals surface area (Å²) >= 11 is 1.20. The van der Waals surface area contributed by atoms with Crippen molar-refractivity contribution in [2.24, 2.45) is 0 Å². The molecule has 0 aliphatic heterocycles. The standard InChI is InChI=1S/C13H17N3O4S/c1-6-7(2)21-11(10(6)12(18)19)16-13(20)14-5-9(17)15-8-3-4-8/h8H,3-5H2,1-2H3,(H,15,17)(H,18,19)(H2,14,16,20). The van der Waals surface area contributed by atoms with Gasteiger partial charge in [0.25, 0.3) is 0 Å². The van der Waals surface area contributed by atoms with Crippen molar-refractivity contribution in [2.75, 3.05) is 11.9 Å². The van der Waals surface area contributed by atoms with Gasteiger partial charge in [-0.3, -0.25) is 10.1 Å². The number of hydrogen-bond acceptors (Lipinski definition) is 4. The number of rotatable bonds is 5. The minimum atomic E-state index is -1.08. The Morgan fingerprint density at radius 3 is 2.52 bits per heavy atom. The Hall–Kier alpha value is -2.09. The fourth-order valence-corrected chi connectivity index (χ4v) is 2.83. The molecule has 1 saturated carbocycles. The lowest BCUT2D eigenvalue weighted by molar-refractivity contribution is -0.120. The Morgan fingerprint density at radius 2 is 1.95 bits per heavy atom. The highest BCUT2D eigenvalue weighted by Crippen LogP contribution is 2.32. The number of aryl methyl sites for hydroxylation is 1. The Labute approximate surface area is 125 Å². The highest BCUT2D eigenvalue weighted by molar-refractivity contribution is 7.16. The number of carboxylic acid groups (broad SMARTS) is 1. The lowest BCUT2D eigenvalue weighted by atomic mass is 10.1. The average molecular weight is 311 g/mol. The Kier molecular flexibility index (Phi) is 4.46. The first kappa shape index (κ1) is 15.3. The first-order chi connectivity index (χ1) is 9.88. The topological polar surface area (TPSA) is 108 Å². The van der Waals surface area contributed by atoms with Gasteiger partial charge in [-0.05, 0) is 32.3 Å². The molecular weight excluding hydrogens is 294 g/mol. The van der Waals surface area contributed by atoms with E-state index in [2.05, 4.69) is 16.0 Å². The lowest BCUT2D eigenvalue weighted by Crippen LogP contribution is -2.39. The van der Waals surface area contributed by atoms with Crippen LogP contribution in [0.1, 0.15) is 33.6 Å². The average Bonchev–Trinajstić information content (AvgIpc) is 3.14. The molecule has 0 saturated heterocycles. The van der Waals surface area contributed by atoms with Crippen LogP contribution in [0.5, 0.6) is 0 Å². The van der Waals surface area contributed by atoms with Gasteiger partial charge in [-0.25, -0.2) is 9.59 Å². The van der Waals surface area contributed by atoms with Crippen LogP contribution < -0.4 is 16.0 Å². The molecule has 1 aliphatic carbocycles. The predicted molar refractivity (Wildman–Crippen MR) is 78.9 cm³/mol. The Morgan fingerprint density at radius 1 is 1.29 bits per heavy atom. The number of aromatic carboxylic acids is 1. The summed E-state index contributed by atoms with van der Waals surface area (Å²) in [7, 11) is 0. The molecule has 2 rings (SSSR count). The van der Waals surface area contributed by atoms with Crippen LogP contribution in [0.3, 0.4) is 0 Å². The summed E-state index contributed by atoms with van der Waals surface area (Å²) in [6, 6.07) is -0.353. The molecule has 1 aromatic heterocycles. The van der Waals surface area contributed by atoms with E-state index in [1.165, 1.54) is 11.3 Å². The SMILES string of the molecule is Cc1sc(NC(=O)NCC(=O)NC2CC2)c(C(=O)O)c1C. The molecule has 4 N–H and O–H groups in total. The van der Waals surface area contributed by atoms with E-state index in [0.717, 1.165) is 17.7 Å². The summed E-state index contributed by atoms with van der Waals surface area (Å²) in [5, 5.41) is 17.1. The largest absolute Gasteiger partial charge is 0.478 e. The molecule has 1 aromatic rings. The van der Waals surface area contributed by atoms with Crippen LogP contribution in [0.15, 0.2) is 0 Å². The molecule has 0 aromatic carbocycles. The number of nitrogens with one attached hydrogen (secondary N) is 3. The van der Waals surface area contributed by atoms with Gasteiger partial charge >= 0.3 is 12.0 Å². The number of thiophene rings is 1. The molecule has 0 bridgehead atoms. The molecule has 0 unspecified atom stereocenters. The fraction of sp³-hybridized carbons (Fsp3) is 0.462. The van der Waals surface area contributed by atoms with Crippen LogP contribution in [0.25, 0.3) is 0 Å². The van der Waals surface area contributed by atoms with Gasteiger partial charge in [0.2, 0.25) is 5.91 Å². The van der Waals surface area contributed by atoms with Crippen LogP contribution >= 0.6 is 11.3 Å². The third-order valence-electron chi connectivity index (χ3n) is 3.18. The molecule has 7 nitrogen and oxygen atoms in total. The maximum atomic E-state index is 11.7. The van der Waals surface area contributed by atoms with E-state index in [-0.39, 0.29) is 29.1 Å². The van der Waals surface area contributed by atoms with Crippen LogP contribution in [0.4, 0.5) is 9.80 Å². The molecule has 21 heavy (non-hydrogen) atoms. The van der Waals surface area contributed by atoms with Crippen molar-refractivity contribution in [3.8, 4) is 0 Å². The molecule has 8 heteroatoms. The van der Waals surface area contributed by atoms with Crippen molar-refractivity contribution >= 4 is 34.2 Å². The van der Waals surface area contributed by atoms with Gasteiger partial charge in [-0.15, -0.1) is 11.3 Å². The first-order valence-electron chi connectivity index (χ1n) is 6.56. The fourth-order valence-electron chi connectivity index (χ4n) is 1.79. The number of carbonyl (C=O) groups is 3. The van der Waals surface area contributed by atoms with Crippen molar-refractivity contribution in [2.45, 2.75) is 32.7 Å². The zero-order chi connectivity index (χ0) is 15.6. The summed E-state index contributed by atoms with van der Waals surface area (Å²) < 4.78 is 0. The van der Waals surface area contributed by atoms with Gasteiger partial charge < -0.3 is 15.7 Å². The zero-order valence-corrected chi connectivity index (χ0v) is 12.6. The second-order valence-electron chi connectivity index (χ2n) is 4.94.